The van der Waals surface area contributed by atoms with Gasteiger partial charge in [0.1, 0.15) is 0 Å². The summed E-state index contributed by atoms with van der Waals surface area (Å²) in [6.07, 6.45) is 1.01. The van der Waals surface area contributed by atoms with Gasteiger partial charge in [-0.05, 0) is 30.7 Å². The Labute approximate surface area is 96.4 Å². The zero-order valence-electron chi connectivity index (χ0n) is 9.86. The van der Waals surface area contributed by atoms with Crippen molar-refractivity contribution in [2.45, 2.75) is 26.0 Å². The Morgan fingerprint density at radius 2 is 2.33 bits per heavy atom. The lowest BCUT2D eigenvalue weighted by Gasteiger charge is -2.07. The van der Waals surface area contributed by atoms with Crippen LogP contribution in [0.15, 0.2) is 6.07 Å². The Balaban J connectivity index is 2.40. The van der Waals surface area contributed by atoms with Gasteiger partial charge in [-0.15, -0.1) is 0 Å². The molecule has 1 rings (SSSR count). The van der Waals surface area contributed by atoms with Crippen LogP contribution < -0.4 is 5.73 Å². The average Bonchev–Trinajstić information content (AvgIpc) is 2.59. The molecule has 0 aliphatic heterocycles. The van der Waals surface area contributed by atoms with Crippen LogP contribution in [0.3, 0.4) is 0 Å². The number of nitrogens with zero attached hydrogens (tertiary/aromatic N) is 2. The second kappa shape index (κ2) is 6.18. The van der Waals surface area contributed by atoms with Crippen molar-refractivity contribution >= 4 is 11.8 Å². The van der Waals surface area contributed by atoms with Crippen LogP contribution in [-0.2, 0) is 19.2 Å². The molecule has 1 heterocycles. The van der Waals surface area contributed by atoms with Crippen LogP contribution in [0.4, 0.5) is 0 Å². The SMILES string of the molecule is CCc1cc(CSCC(C)CN)n(C)n1. The van der Waals surface area contributed by atoms with Crippen LogP contribution in [0.1, 0.15) is 25.2 Å². The number of rotatable bonds is 6. The molecular weight excluding hydrogens is 206 g/mol. The van der Waals surface area contributed by atoms with E-state index in [0.29, 0.717) is 5.92 Å². The van der Waals surface area contributed by atoms with E-state index in [9.17, 15) is 0 Å². The maximum Gasteiger partial charge on any atom is 0.0624 e. The molecule has 0 fully saturated rings. The molecule has 0 aliphatic carbocycles. The zero-order chi connectivity index (χ0) is 11.3. The van der Waals surface area contributed by atoms with Gasteiger partial charge in [0.15, 0.2) is 0 Å². The van der Waals surface area contributed by atoms with E-state index in [1.807, 2.05) is 23.5 Å². The normalized spacial score (nSPS) is 13.1. The van der Waals surface area contributed by atoms with E-state index < -0.39 is 0 Å². The predicted molar refractivity (Wildman–Crippen MR) is 67.0 cm³/mol. The van der Waals surface area contributed by atoms with E-state index in [2.05, 4.69) is 25.0 Å². The first-order chi connectivity index (χ1) is 7.17. The van der Waals surface area contributed by atoms with Crippen molar-refractivity contribution in [1.29, 1.82) is 0 Å². The van der Waals surface area contributed by atoms with E-state index in [-0.39, 0.29) is 0 Å². The van der Waals surface area contributed by atoms with Crippen molar-refractivity contribution in [3.05, 3.63) is 17.5 Å². The van der Waals surface area contributed by atoms with Crippen LogP contribution in [0, 0.1) is 5.92 Å². The van der Waals surface area contributed by atoms with Gasteiger partial charge in [-0.1, -0.05) is 13.8 Å². The molecule has 0 spiro atoms. The summed E-state index contributed by atoms with van der Waals surface area (Å²) in [5.74, 6) is 2.77. The highest BCUT2D eigenvalue weighted by Crippen LogP contribution is 2.15. The fourth-order valence-electron chi connectivity index (χ4n) is 1.31. The monoisotopic (exact) mass is 227 g/mol. The van der Waals surface area contributed by atoms with E-state index in [4.69, 9.17) is 5.73 Å². The van der Waals surface area contributed by atoms with E-state index >= 15 is 0 Å². The minimum Gasteiger partial charge on any atom is -0.330 e. The fraction of sp³-hybridized carbons (Fsp3) is 0.727. The number of hydrogen-bond donors (Lipinski definition) is 1. The quantitative estimate of drug-likeness (QED) is 0.806. The van der Waals surface area contributed by atoms with Gasteiger partial charge in [0.25, 0.3) is 0 Å². The van der Waals surface area contributed by atoms with Crippen molar-refractivity contribution in [2.75, 3.05) is 12.3 Å². The van der Waals surface area contributed by atoms with Gasteiger partial charge < -0.3 is 5.73 Å². The van der Waals surface area contributed by atoms with Gasteiger partial charge in [0.05, 0.1) is 5.69 Å². The molecule has 1 aromatic rings. The molecule has 1 atom stereocenters. The molecule has 4 heteroatoms. The molecule has 3 nitrogen and oxygen atoms in total. The van der Waals surface area contributed by atoms with Crippen molar-refractivity contribution in [3.63, 3.8) is 0 Å². The van der Waals surface area contributed by atoms with Gasteiger partial charge >= 0.3 is 0 Å². The standard InChI is InChI=1S/C11H21N3S/c1-4-10-5-11(14(3)13-10)8-15-7-9(2)6-12/h5,9H,4,6-8,12H2,1-3H3. The van der Waals surface area contributed by atoms with Crippen LogP contribution in [0.2, 0.25) is 0 Å². The number of aryl methyl sites for hydroxylation is 2. The van der Waals surface area contributed by atoms with Crippen LogP contribution in [0.5, 0.6) is 0 Å². The summed E-state index contributed by atoms with van der Waals surface area (Å²) in [5.41, 5.74) is 8.06. The largest absolute Gasteiger partial charge is 0.330 e. The highest BCUT2D eigenvalue weighted by molar-refractivity contribution is 7.98. The fourth-order valence-corrected chi connectivity index (χ4v) is 2.45. The molecule has 86 valence electrons. The molecule has 1 aromatic heterocycles. The van der Waals surface area contributed by atoms with Gasteiger partial charge in [0.2, 0.25) is 0 Å². The Morgan fingerprint density at radius 1 is 1.60 bits per heavy atom. The molecule has 1 unspecified atom stereocenters. The third-order valence-corrected chi connectivity index (χ3v) is 3.75. The van der Waals surface area contributed by atoms with Gasteiger partial charge in [-0.2, -0.15) is 16.9 Å². The Hall–Kier alpha value is -0.480. The lowest BCUT2D eigenvalue weighted by Crippen LogP contribution is -2.13. The molecule has 0 aliphatic rings. The Kier molecular flexibility index (Phi) is 5.19. The summed E-state index contributed by atoms with van der Waals surface area (Å²) >= 11 is 1.94. The average molecular weight is 227 g/mol. The summed E-state index contributed by atoms with van der Waals surface area (Å²) in [4.78, 5) is 0. The molecule has 0 amide bonds. The number of hydrogen-bond acceptors (Lipinski definition) is 3. The third kappa shape index (κ3) is 3.87. The molecular formula is C11H21N3S. The molecule has 2 N–H and O–H groups in total. The number of aromatic nitrogens is 2. The maximum absolute atomic E-state index is 5.58. The molecule has 0 saturated heterocycles. The summed E-state index contributed by atoms with van der Waals surface area (Å²) in [6, 6.07) is 2.19. The molecule has 0 aromatic carbocycles. The molecule has 0 radical (unpaired) electrons. The summed E-state index contributed by atoms with van der Waals surface area (Å²) in [6.45, 7) is 5.10. The van der Waals surface area contributed by atoms with Crippen molar-refractivity contribution in [1.82, 2.24) is 9.78 Å². The van der Waals surface area contributed by atoms with E-state index in [1.165, 1.54) is 11.4 Å². The van der Waals surface area contributed by atoms with Crippen molar-refractivity contribution in [3.8, 4) is 0 Å². The minimum absolute atomic E-state index is 0.605. The van der Waals surface area contributed by atoms with Gasteiger partial charge in [-0.3, -0.25) is 4.68 Å². The maximum atomic E-state index is 5.58. The first kappa shape index (κ1) is 12.6. The lowest BCUT2D eigenvalue weighted by molar-refractivity contribution is 0.674. The van der Waals surface area contributed by atoms with Gasteiger partial charge in [-0.25, -0.2) is 0 Å². The predicted octanol–water partition coefficient (Wildman–Crippen LogP) is 1.81. The summed E-state index contributed by atoms with van der Waals surface area (Å²) in [7, 11) is 2.02. The highest BCUT2D eigenvalue weighted by atomic mass is 32.2. The number of nitrogens with two attached hydrogens (primary N) is 1. The smallest absolute Gasteiger partial charge is 0.0624 e. The Morgan fingerprint density at radius 3 is 2.87 bits per heavy atom. The van der Waals surface area contributed by atoms with Crippen LogP contribution in [-0.4, -0.2) is 22.1 Å². The number of thioether (sulfide) groups is 1. The summed E-state index contributed by atoms with van der Waals surface area (Å²) < 4.78 is 1.99. The minimum atomic E-state index is 0.605. The topological polar surface area (TPSA) is 43.8 Å². The molecule has 0 bridgehead atoms. The molecule has 15 heavy (non-hydrogen) atoms. The summed E-state index contributed by atoms with van der Waals surface area (Å²) in [5, 5.41) is 4.43. The zero-order valence-corrected chi connectivity index (χ0v) is 10.7. The van der Waals surface area contributed by atoms with Crippen LogP contribution >= 0.6 is 11.8 Å². The lowest BCUT2D eigenvalue weighted by atomic mass is 10.2. The van der Waals surface area contributed by atoms with E-state index in [0.717, 1.165) is 24.5 Å². The van der Waals surface area contributed by atoms with Gasteiger partial charge in [0, 0.05) is 18.5 Å². The third-order valence-electron chi connectivity index (χ3n) is 2.44. The molecule has 0 saturated carbocycles. The van der Waals surface area contributed by atoms with E-state index in [1.54, 1.807) is 0 Å². The highest BCUT2D eigenvalue weighted by Gasteiger charge is 2.05. The Bertz CT molecular complexity index is 296. The second-order valence-electron chi connectivity index (χ2n) is 3.96. The second-order valence-corrected chi connectivity index (χ2v) is 4.99. The first-order valence-electron chi connectivity index (χ1n) is 5.47. The first-order valence-corrected chi connectivity index (χ1v) is 6.62. The van der Waals surface area contributed by atoms with Crippen LogP contribution in [0.25, 0.3) is 0 Å². The van der Waals surface area contributed by atoms with Crippen molar-refractivity contribution in [2.24, 2.45) is 18.7 Å². The van der Waals surface area contributed by atoms with Crippen molar-refractivity contribution < 1.29 is 0 Å².